The van der Waals surface area contributed by atoms with E-state index in [4.69, 9.17) is 9.47 Å². The van der Waals surface area contributed by atoms with E-state index in [1.54, 1.807) is 7.11 Å². The Bertz CT molecular complexity index is 888. The van der Waals surface area contributed by atoms with E-state index in [1.807, 2.05) is 30.5 Å². The molecule has 0 saturated heterocycles. The third-order valence-corrected chi connectivity index (χ3v) is 4.54. The summed E-state index contributed by atoms with van der Waals surface area (Å²) in [4.78, 5) is 4.59. The molecule has 1 aliphatic carbocycles. The molecule has 1 heterocycles. The van der Waals surface area contributed by atoms with Crippen molar-refractivity contribution in [2.45, 2.75) is 20.0 Å². The van der Waals surface area contributed by atoms with Crippen molar-refractivity contribution in [3.8, 4) is 22.8 Å². The van der Waals surface area contributed by atoms with Crippen molar-refractivity contribution >= 4 is 0 Å². The molecule has 0 amide bonds. The van der Waals surface area contributed by atoms with E-state index < -0.39 is 0 Å². The second-order valence-corrected chi connectivity index (χ2v) is 6.04. The van der Waals surface area contributed by atoms with Crippen LogP contribution in [0.5, 0.6) is 11.5 Å². The molecule has 3 aromatic rings. The zero-order valence-corrected chi connectivity index (χ0v) is 13.9. The highest BCUT2D eigenvalue weighted by Crippen LogP contribution is 2.46. The number of rotatable bonds is 4. The second-order valence-electron chi connectivity index (χ2n) is 6.04. The second kappa shape index (κ2) is 6.00. The van der Waals surface area contributed by atoms with Crippen molar-refractivity contribution in [3.63, 3.8) is 0 Å². The Labute approximate surface area is 141 Å². The first-order valence-electron chi connectivity index (χ1n) is 8.09. The van der Waals surface area contributed by atoms with Gasteiger partial charge < -0.3 is 9.47 Å². The van der Waals surface area contributed by atoms with E-state index in [0.29, 0.717) is 6.61 Å². The van der Waals surface area contributed by atoms with Gasteiger partial charge in [0, 0.05) is 18.2 Å². The van der Waals surface area contributed by atoms with E-state index in [9.17, 15) is 0 Å². The minimum absolute atomic E-state index is 0.518. The van der Waals surface area contributed by atoms with Crippen LogP contribution in [0.1, 0.15) is 22.3 Å². The first-order chi connectivity index (χ1) is 11.8. The summed E-state index contributed by atoms with van der Waals surface area (Å²) in [5.74, 6) is 1.54. The Hall–Kier alpha value is -2.81. The van der Waals surface area contributed by atoms with E-state index in [1.165, 1.54) is 16.7 Å². The highest BCUT2D eigenvalue weighted by atomic mass is 16.5. The fraction of sp³-hybridized carbons (Fsp3) is 0.190. The Morgan fingerprint density at radius 3 is 2.67 bits per heavy atom. The van der Waals surface area contributed by atoms with Crippen LogP contribution in [0.15, 0.2) is 54.7 Å². The van der Waals surface area contributed by atoms with Gasteiger partial charge in [0.25, 0.3) is 0 Å². The number of nitrogens with zero attached hydrogens (tertiary/aromatic N) is 1. The van der Waals surface area contributed by atoms with Crippen LogP contribution in [-0.4, -0.2) is 12.1 Å². The summed E-state index contributed by atoms with van der Waals surface area (Å²) in [6.45, 7) is 2.65. The number of hydrogen-bond acceptors (Lipinski definition) is 3. The molecule has 0 bridgehead atoms. The van der Waals surface area contributed by atoms with Crippen molar-refractivity contribution in [3.05, 3.63) is 77.0 Å². The van der Waals surface area contributed by atoms with E-state index in [0.717, 1.165) is 34.7 Å². The van der Waals surface area contributed by atoms with Gasteiger partial charge in [-0.3, -0.25) is 4.98 Å². The van der Waals surface area contributed by atoms with Gasteiger partial charge >= 0.3 is 0 Å². The van der Waals surface area contributed by atoms with Crippen LogP contribution in [0.4, 0.5) is 0 Å². The highest BCUT2D eigenvalue weighted by Gasteiger charge is 2.27. The van der Waals surface area contributed by atoms with Crippen LogP contribution < -0.4 is 9.47 Å². The maximum Gasteiger partial charge on any atom is 0.170 e. The number of ether oxygens (including phenoxy) is 2. The molecule has 2 aromatic carbocycles. The van der Waals surface area contributed by atoms with Crippen molar-refractivity contribution in [1.29, 1.82) is 0 Å². The van der Waals surface area contributed by atoms with Gasteiger partial charge in [-0.15, -0.1) is 0 Å². The minimum atomic E-state index is 0.518. The van der Waals surface area contributed by atoms with Crippen molar-refractivity contribution in [2.75, 3.05) is 7.11 Å². The van der Waals surface area contributed by atoms with Crippen molar-refractivity contribution < 1.29 is 9.47 Å². The SMILES string of the molecule is COc1c(OCc2ccccc2)ccc2c1-c1nccc(C)c1C2. The lowest BCUT2D eigenvalue weighted by Crippen LogP contribution is -1.99. The van der Waals surface area contributed by atoms with Crippen LogP contribution in [0.2, 0.25) is 0 Å². The molecule has 3 heteroatoms. The Kier molecular flexibility index (Phi) is 3.69. The van der Waals surface area contributed by atoms with E-state index in [2.05, 4.69) is 36.2 Å². The first kappa shape index (κ1) is 14.8. The zero-order chi connectivity index (χ0) is 16.5. The maximum atomic E-state index is 6.03. The van der Waals surface area contributed by atoms with Crippen molar-refractivity contribution in [2.24, 2.45) is 0 Å². The fourth-order valence-corrected chi connectivity index (χ4v) is 3.28. The Morgan fingerprint density at radius 1 is 1.04 bits per heavy atom. The molecule has 0 N–H and O–H groups in total. The first-order valence-corrected chi connectivity index (χ1v) is 8.09. The van der Waals surface area contributed by atoms with E-state index in [-0.39, 0.29) is 0 Å². The molecule has 0 radical (unpaired) electrons. The van der Waals surface area contributed by atoms with Crippen LogP contribution in [-0.2, 0) is 13.0 Å². The minimum Gasteiger partial charge on any atom is -0.492 e. The summed E-state index contributed by atoms with van der Waals surface area (Å²) in [5.41, 5.74) is 7.02. The van der Waals surface area contributed by atoms with Gasteiger partial charge in [-0.25, -0.2) is 0 Å². The molecule has 0 saturated carbocycles. The van der Waals surface area contributed by atoms with Crippen LogP contribution in [0, 0.1) is 6.92 Å². The highest BCUT2D eigenvalue weighted by molar-refractivity contribution is 5.82. The predicted octanol–water partition coefficient (Wildman–Crippen LogP) is 4.55. The summed E-state index contributed by atoms with van der Waals surface area (Å²) < 4.78 is 11.7. The average Bonchev–Trinajstić information content (AvgIpc) is 3.01. The number of benzene rings is 2. The summed E-state index contributed by atoms with van der Waals surface area (Å²) >= 11 is 0. The quantitative estimate of drug-likeness (QED) is 0.553. The molecule has 0 fully saturated rings. The average molecular weight is 317 g/mol. The summed E-state index contributed by atoms with van der Waals surface area (Å²) in [7, 11) is 1.69. The molecule has 0 spiro atoms. The third kappa shape index (κ3) is 2.42. The fourth-order valence-electron chi connectivity index (χ4n) is 3.28. The monoisotopic (exact) mass is 317 g/mol. The number of aromatic nitrogens is 1. The number of hydrogen-bond donors (Lipinski definition) is 0. The summed E-state index contributed by atoms with van der Waals surface area (Å²) in [6, 6.07) is 16.3. The molecule has 0 unspecified atom stereocenters. The van der Waals surface area contributed by atoms with E-state index >= 15 is 0 Å². The third-order valence-electron chi connectivity index (χ3n) is 4.54. The Morgan fingerprint density at radius 2 is 1.88 bits per heavy atom. The summed E-state index contributed by atoms with van der Waals surface area (Å²) in [6.07, 6.45) is 2.76. The van der Waals surface area contributed by atoms with Crippen LogP contribution >= 0.6 is 0 Å². The molecular weight excluding hydrogens is 298 g/mol. The molecular formula is C21H19NO2. The molecule has 1 aliphatic rings. The molecule has 0 atom stereocenters. The number of methoxy groups -OCH3 is 1. The van der Waals surface area contributed by atoms with Gasteiger partial charge in [0.1, 0.15) is 6.61 Å². The molecule has 120 valence electrons. The maximum absolute atomic E-state index is 6.03. The van der Waals surface area contributed by atoms with Crippen LogP contribution in [0.25, 0.3) is 11.3 Å². The Balaban J connectivity index is 1.72. The number of pyridine rings is 1. The van der Waals surface area contributed by atoms with Gasteiger partial charge in [-0.05, 0) is 41.3 Å². The van der Waals surface area contributed by atoms with Gasteiger partial charge in [0.15, 0.2) is 11.5 Å². The lowest BCUT2D eigenvalue weighted by atomic mass is 10.1. The largest absolute Gasteiger partial charge is 0.492 e. The number of fused-ring (bicyclic) bond motifs is 3. The normalized spacial score (nSPS) is 11.8. The van der Waals surface area contributed by atoms with Crippen molar-refractivity contribution in [1.82, 2.24) is 4.98 Å². The standard InChI is InChI=1S/C21H19NO2/c1-14-10-11-22-20-17(14)12-16-8-9-18(21(23-2)19(16)20)24-13-15-6-4-3-5-7-15/h3-11H,12-13H2,1-2H3. The van der Waals surface area contributed by atoms with Gasteiger partial charge in [-0.2, -0.15) is 0 Å². The van der Waals surface area contributed by atoms with Gasteiger partial charge in [0.05, 0.1) is 12.8 Å². The molecule has 1 aromatic heterocycles. The topological polar surface area (TPSA) is 31.4 Å². The smallest absolute Gasteiger partial charge is 0.170 e. The molecule has 4 rings (SSSR count). The van der Waals surface area contributed by atoms with Gasteiger partial charge in [0.2, 0.25) is 0 Å². The van der Waals surface area contributed by atoms with Gasteiger partial charge in [-0.1, -0.05) is 36.4 Å². The van der Waals surface area contributed by atoms with Crippen LogP contribution in [0.3, 0.4) is 0 Å². The summed E-state index contributed by atoms with van der Waals surface area (Å²) in [5, 5.41) is 0. The predicted molar refractivity (Wildman–Crippen MR) is 94.5 cm³/mol. The lowest BCUT2D eigenvalue weighted by molar-refractivity contribution is 0.285. The lowest BCUT2D eigenvalue weighted by Gasteiger charge is -2.14. The molecule has 24 heavy (non-hydrogen) atoms. The molecule has 0 aliphatic heterocycles. The zero-order valence-electron chi connectivity index (χ0n) is 13.9. The molecule has 3 nitrogen and oxygen atoms in total. The number of aryl methyl sites for hydroxylation is 1.